The van der Waals surface area contributed by atoms with Gasteiger partial charge in [-0.05, 0) is 29.8 Å². The standard InChI is InChI=1S/C18H15ClFN3O3S/c19-15-3-1-2-13(8-15)17-21-18(26-22-17)14-9-23(10-14)27(24,25)11-12-4-6-16(20)7-5-12/h1-8,14H,9-11H2. The molecule has 1 aliphatic rings. The van der Waals surface area contributed by atoms with Crippen LogP contribution in [0.3, 0.4) is 0 Å². The van der Waals surface area contributed by atoms with Gasteiger partial charge in [-0.2, -0.15) is 9.29 Å². The average Bonchev–Trinajstić information content (AvgIpc) is 3.05. The van der Waals surface area contributed by atoms with Crippen molar-refractivity contribution in [3.05, 3.63) is 70.8 Å². The van der Waals surface area contributed by atoms with Crippen LogP contribution >= 0.6 is 11.6 Å². The van der Waals surface area contributed by atoms with E-state index >= 15 is 0 Å². The average molecular weight is 408 g/mol. The topological polar surface area (TPSA) is 76.3 Å². The Balaban J connectivity index is 1.41. The molecule has 140 valence electrons. The summed E-state index contributed by atoms with van der Waals surface area (Å²) in [6.07, 6.45) is 0. The maximum Gasteiger partial charge on any atom is 0.232 e. The minimum absolute atomic E-state index is 0.145. The van der Waals surface area contributed by atoms with Crippen molar-refractivity contribution in [3.63, 3.8) is 0 Å². The molecule has 2 aromatic carbocycles. The number of rotatable bonds is 5. The molecular formula is C18H15ClFN3O3S. The zero-order chi connectivity index (χ0) is 19.0. The van der Waals surface area contributed by atoms with Gasteiger partial charge in [-0.25, -0.2) is 12.8 Å². The molecule has 1 aliphatic heterocycles. The van der Waals surface area contributed by atoms with E-state index < -0.39 is 15.8 Å². The summed E-state index contributed by atoms with van der Waals surface area (Å²) in [5, 5.41) is 4.52. The first-order chi connectivity index (χ1) is 12.9. The van der Waals surface area contributed by atoms with Crippen molar-refractivity contribution in [1.29, 1.82) is 0 Å². The van der Waals surface area contributed by atoms with Gasteiger partial charge in [-0.1, -0.05) is 41.0 Å². The Bertz CT molecular complexity index is 1060. The molecule has 0 spiro atoms. The minimum Gasteiger partial charge on any atom is -0.339 e. The van der Waals surface area contributed by atoms with Gasteiger partial charge < -0.3 is 4.52 Å². The van der Waals surface area contributed by atoms with E-state index in [9.17, 15) is 12.8 Å². The van der Waals surface area contributed by atoms with Gasteiger partial charge in [0.1, 0.15) is 5.82 Å². The van der Waals surface area contributed by atoms with Gasteiger partial charge in [0, 0.05) is 23.7 Å². The zero-order valence-electron chi connectivity index (χ0n) is 14.0. The predicted octanol–water partition coefficient (Wildman–Crippen LogP) is 3.46. The number of sulfonamides is 1. The molecule has 1 fully saturated rings. The maximum absolute atomic E-state index is 13.0. The van der Waals surface area contributed by atoms with Crippen molar-refractivity contribution in [2.75, 3.05) is 13.1 Å². The third-order valence-electron chi connectivity index (χ3n) is 4.38. The Morgan fingerprint density at radius 3 is 2.63 bits per heavy atom. The van der Waals surface area contributed by atoms with Crippen molar-refractivity contribution in [1.82, 2.24) is 14.4 Å². The van der Waals surface area contributed by atoms with Crippen LogP contribution in [0.25, 0.3) is 11.4 Å². The van der Waals surface area contributed by atoms with Crippen LogP contribution in [0.2, 0.25) is 5.02 Å². The summed E-state index contributed by atoms with van der Waals surface area (Å²) >= 11 is 5.97. The summed E-state index contributed by atoms with van der Waals surface area (Å²) in [5.74, 6) is 0.108. The van der Waals surface area contributed by atoms with Crippen molar-refractivity contribution >= 4 is 21.6 Å². The number of hydrogen-bond acceptors (Lipinski definition) is 5. The highest BCUT2D eigenvalue weighted by molar-refractivity contribution is 7.88. The van der Waals surface area contributed by atoms with Crippen LogP contribution in [-0.4, -0.2) is 36.0 Å². The van der Waals surface area contributed by atoms with Crippen LogP contribution in [-0.2, 0) is 15.8 Å². The van der Waals surface area contributed by atoms with E-state index in [1.807, 2.05) is 6.07 Å². The molecule has 6 nitrogen and oxygen atoms in total. The number of halogens is 2. The molecule has 0 radical (unpaired) electrons. The normalized spacial score (nSPS) is 15.6. The molecule has 1 aromatic heterocycles. The maximum atomic E-state index is 13.0. The Hall–Kier alpha value is -2.29. The quantitative estimate of drug-likeness (QED) is 0.647. The molecule has 0 atom stereocenters. The molecule has 0 unspecified atom stereocenters. The number of aromatic nitrogens is 2. The predicted molar refractivity (Wildman–Crippen MR) is 98.1 cm³/mol. The highest BCUT2D eigenvalue weighted by atomic mass is 35.5. The molecule has 0 saturated carbocycles. The monoisotopic (exact) mass is 407 g/mol. The summed E-state index contributed by atoms with van der Waals surface area (Å²) in [6.45, 7) is 0.557. The van der Waals surface area contributed by atoms with Crippen LogP contribution in [0, 0.1) is 5.82 Å². The van der Waals surface area contributed by atoms with Gasteiger partial charge in [0.25, 0.3) is 0 Å². The van der Waals surface area contributed by atoms with Crippen LogP contribution < -0.4 is 0 Å². The first kappa shape index (κ1) is 18.1. The third-order valence-corrected chi connectivity index (χ3v) is 6.40. The molecule has 0 bridgehead atoms. The highest BCUT2D eigenvalue weighted by Crippen LogP contribution is 2.31. The molecule has 4 rings (SSSR count). The van der Waals surface area contributed by atoms with E-state index in [1.54, 1.807) is 18.2 Å². The van der Waals surface area contributed by atoms with E-state index in [2.05, 4.69) is 10.1 Å². The fourth-order valence-corrected chi connectivity index (χ4v) is 4.65. The lowest BCUT2D eigenvalue weighted by molar-refractivity contribution is 0.216. The van der Waals surface area contributed by atoms with E-state index in [4.69, 9.17) is 16.1 Å². The molecule has 1 saturated heterocycles. The van der Waals surface area contributed by atoms with Crippen LogP contribution in [0.5, 0.6) is 0 Å². The second-order valence-corrected chi connectivity index (χ2v) is 8.77. The van der Waals surface area contributed by atoms with Crippen molar-refractivity contribution in [3.8, 4) is 11.4 Å². The summed E-state index contributed by atoms with van der Waals surface area (Å²) in [7, 11) is -3.48. The van der Waals surface area contributed by atoms with Gasteiger partial charge in [-0.3, -0.25) is 0 Å². The first-order valence-electron chi connectivity index (χ1n) is 8.22. The molecule has 0 amide bonds. The molecule has 0 N–H and O–H groups in total. The SMILES string of the molecule is O=S(=O)(Cc1ccc(F)cc1)N1CC(c2nc(-c3cccc(Cl)c3)no2)C1. The van der Waals surface area contributed by atoms with Crippen molar-refractivity contribution in [2.24, 2.45) is 0 Å². The highest BCUT2D eigenvalue weighted by Gasteiger charge is 2.39. The Kier molecular flexibility index (Phi) is 4.71. The van der Waals surface area contributed by atoms with E-state index in [0.717, 1.165) is 5.56 Å². The second-order valence-electron chi connectivity index (χ2n) is 6.36. The smallest absolute Gasteiger partial charge is 0.232 e. The van der Waals surface area contributed by atoms with Crippen molar-refractivity contribution < 1.29 is 17.3 Å². The molecule has 27 heavy (non-hydrogen) atoms. The minimum atomic E-state index is -3.48. The van der Waals surface area contributed by atoms with Crippen molar-refractivity contribution in [2.45, 2.75) is 11.7 Å². The molecular weight excluding hydrogens is 393 g/mol. The summed E-state index contributed by atoms with van der Waals surface area (Å²) in [6, 6.07) is 12.5. The summed E-state index contributed by atoms with van der Waals surface area (Å²) < 4.78 is 44.5. The Morgan fingerprint density at radius 2 is 1.93 bits per heavy atom. The Morgan fingerprint density at radius 1 is 1.19 bits per heavy atom. The van der Waals surface area contributed by atoms with Gasteiger partial charge in [0.2, 0.25) is 21.7 Å². The number of nitrogens with zero attached hydrogens (tertiary/aromatic N) is 3. The van der Waals surface area contributed by atoms with Gasteiger partial charge in [-0.15, -0.1) is 0 Å². The van der Waals surface area contributed by atoms with E-state index in [1.165, 1.54) is 28.6 Å². The third kappa shape index (κ3) is 3.87. The molecule has 2 heterocycles. The largest absolute Gasteiger partial charge is 0.339 e. The zero-order valence-corrected chi connectivity index (χ0v) is 15.6. The molecule has 0 aliphatic carbocycles. The van der Waals surface area contributed by atoms with E-state index in [-0.39, 0.29) is 24.8 Å². The van der Waals surface area contributed by atoms with Gasteiger partial charge >= 0.3 is 0 Å². The summed E-state index contributed by atoms with van der Waals surface area (Å²) in [5.41, 5.74) is 1.28. The lowest BCUT2D eigenvalue weighted by atomic mass is 10.0. The Labute approximate surface area is 160 Å². The lowest BCUT2D eigenvalue weighted by Gasteiger charge is -2.35. The fraction of sp³-hybridized carbons (Fsp3) is 0.222. The van der Waals surface area contributed by atoms with Gasteiger partial charge in [0.15, 0.2) is 0 Å². The van der Waals surface area contributed by atoms with Crippen LogP contribution in [0.1, 0.15) is 17.4 Å². The first-order valence-corrected chi connectivity index (χ1v) is 10.2. The van der Waals surface area contributed by atoms with E-state index in [0.29, 0.717) is 22.3 Å². The lowest BCUT2D eigenvalue weighted by Crippen LogP contribution is -2.48. The number of hydrogen-bond donors (Lipinski definition) is 0. The number of benzene rings is 2. The van der Waals surface area contributed by atoms with Gasteiger partial charge in [0.05, 0.1) is 11.7 Å². The second kappa shape index (κ2) is 7.03. The molecule has 3 aromatic rings. The fourth-order valence-electron chi connectivity index (χ4n) is 2.85. The van der Waals surface area contributed by atoms with Crippen LogP contribution in [0.15, 0.2) is 53.1 Å². The van der Waals surface area contributed by atoms with Crippen LogP contribution in [0.4, 0.5) is 4.39 Å². The summed E-state index contributed by atoms with van der Waals surface area (Å²) in [4.78, 5) is 4.35. The molecule has 9 heteroatoms.